The van der Waals surface area contributed by atoms with Gasteiger partial charge in [0.1, 0.15) is 0 Å². The van der Waals surface area contributed by atoms with Crippen molar-refractivity contribution in [1.29, 1.82) is 0 Å². The fourth-order valence-electron chi connectivity index (χ4n) is 1.48. The summed E-state index contributed by atoms with van der Waals surface area (Å²) in [6.45, 7) is 1.01. The van der Waals surface area contributed by atoms with Crippen molar-refractivity contribution in [3.05, 3.63) is 0 Å². The van der Waals surface area contributed by atoms with E-state index >= 15 is 0 Å². The van der Waals surface area contributed by atoms with Gasteiger partial charge in [0.2, 0.25) is 10.0 Å². The molecule has 1 heterocycles. The minimum Gasteiger partial charge on any atom is -0.314 e. The molecule has 1 atom stereocenters. The van der Waals surface area contributed by atoms with Gasteiger partial charge < -0.3 is 5.32 Å². The minimum atomic E-state index is -3.26. The first kappa shape index (κ1) is 9.95. The van der Waals surface area contributed by atoms with Crippen LogP contribution in [-0.2, 0) is 10.0 Å². The lowest BCUT2D eigenvalue weighted by atomic mass is 10.0. The van der Waals surface area contributed by atoms with E-state index in [0.717, 1.165) is 13.0 Å². The van der Waals surface area contributed by atoms with Crippen LogP contribution in [0.15, 0.2) is 0 Å². The molecule has 4 nitrogen and oxygen atoms in total. The number of sulfonamides is 1. The summed E-state index contributed by atoms with van der Waals surface area (Å²) in [6, 6.07) is 0.358. The van der Waals surface area contributed by atoms with Crippen LogP contribution in [0, 0.1) is 0 Å². The van der Waals surface area contributed by atoms with Crippen LogP contribution in [0.4, 0.5) is 0 Å². The highest BCUT2D eigenvalue weighted by molar-refractivity contribution is 7.89. The second-order valence-corrected chi connectivity index (χ2v) is 5.04. The van der Waals surface area contributed by atoms with E-state index in [4.69, 9.17) is 5.14 Å². The first-order valence-corrected chi connectivity index (χ1v) is 6.03. The van der Waals surface area contributed by atoms with Gasteiger partial charge in [0.25, 0.3) is 0 Å². The number of primary sulfonamides is 1. The highest BCUT2D eigenvalue weighted by Crippen LogP contribution is 2.10. The van der Waals surface area contributed by atoms with Crippen molar-refractivity contribution in [3.8, 4) is 0 Å². The van der Waals surface area contributed by atoms with Gasteiger partial charge in [-0.05, 0) is 25.8 Å². The van der Waals surface area contributed by atoms with Gasteiger partial charge in [-0.3, -0.25) is 0 Å². The third-order valence-electron chi connectivity index (χ3n) is 2.16. The maximum atomic E-state index is 10.6. The highest BCUT2D eigenvalue weighted by atomic mass is 32.2. The van der Waals surface area contributed by atoms with Gasteiger partial charge in [0.05, 0.1) is 5.75 Å². The molecule has 0 unspecified atom stereocenters. The molecule has 1 aliphatic rings. The topological polar surface area (TPSA) is 72.2 Å². The Morgan fingerprint density at radius 2 is 2.17 bits per heavy atom. The molecule has 0 aliphatic carbocycles. The van der Waals surface area contributed by atoms with E-state index in [0.29, 0.717) is 12.5 Å². The van der Waals surface area contributed by atoms with E-state index in [9.17, 15) is 8.42 Å². The molecule has 0 amide bonds. The molecule has 1 rings (SSSR count). The smallest absolute Gasteiger partial charge is 0.209 e. The Kier molecular flexibility index (Phi) is 3.49. The summed E-state index contributed by atoms with van der Waals surface area (Å²) in [6.07, 6.45) is 4.13. The molecule has 1 fully saturated rings. The summed E-state index contributed by atoms with van der Waals surface area (Å²) in [5.41, 5.74) is 0. The average molecular weight is 192 g/mol. The molecule has 0 spiro atoms. The van der Waals surface area contributed by atoms with Gasteiger partial charge in [-0.2, -0.15) is 0 Å². The Bertz CT molecular complexity index is 220. The summed E-state index contributed by atoms with van der Waals surface area (Å²) in [4.78, 5) is 0. The van der Waals surface area contributed by atoms with Crippen molar-refractivity contribution >= 4 is 10.0 Å². The molecule has 0 aromatic rings. The Morgan fingerprint density at radius 3 is 2.67 bits per heavy atom. The third-order valence-corrected chi connectivity index (χ3v) is 2.97. The zero-order valence-corrected chi connectivity index (χ0v) is 7.94. The SMILES string of the molecule is NS(=O)(=O)CC[C@@H]1CCCCN1. The molecular weight excluding hydrogens is 176 g/mol. The van der Waals surface area contributed by atoms with Crippen LogP contribution in [-0.4, -0.2) is 26.8 Å². The molecule has 5 heteroatoms. The zero-order chi connectivity index (χ0) is 9.03. The molecule has 1 saturated heterocycles. The first-order valence-electron chi connectivity index (χ1n) is 4.32. The molecule has 0 radical (unpaired) electrons. The third kappa shape index (κ3) is 4.04. The Labute approximate surface area is 73.6 Å². The average Bonchev–Trinajstić information content (AvgIpc) is 2.02. The largest absolute Gasteiger partial charge is 0.314 e. The lowest BCUT2D eigenvalue weighted by molar-refractivity contribution is 0.392. The van der Waals surface area contributed by atoms with Crippen molar-refractivity contribution in [2.24, 2.45) is 5.14 Å². The number of nitrogens with two attached hydrogens (primary N) is 1. The van der Waals surface area contributed by atoms with Crippen LogP contribution in [0.2, 0.25) is 0 Å². The van der Waals surface area contributed by atoms with Gasteiger partial charge >= 0.3 is 0 Å². The summed E-state index contributed by atoms with van der Waals surface area (Å²) in [5, 5.41) is 8.17. The van der Waals surface area contributed by atoms with Crippen molar-refractivity contribution < 1.29 is 8.42 Å². The van der Waals surface area contributed by atoms with Crippen molar-refractivity contribution in [1.82, 2.24) is 5.32 Å². The minimum absolute atomic E-state index is 0.102. The number of rotatable bonds is 3. The molecule has 72 valence electrons. The van der Waals surface area contributed by atoms with Crippen LogP contribution in [0.5, 0.6) is 0 Å². The highest BCUT2D eigenvalue weighted by Gasteiger charge is 2.14. The predicted molar refractivity (Wildman–Crippen MR) is 48.2 cm³/mol. The Hall–Kier alpha value is -0.130. The summed E-state index contributed by atoms with van der Waals surface area (Å²) >= 11 is 0. The van der Waals surface area contributed by atoms with Gasteiger partial charge in [0.15, 0.2) is 0 Å². The van der Waals surface area contributed by atoms with Gasteiger partial charge in [0, 0.05) is 6.04 Å². The fourth-order valence-corrected chi connectivity index (χ4v) is 2.09. The Balaban J connectivity index is 2.22. The molecule has 0 saturated carbocycles. The number of hydrogen-bond donors (Lipinski definition) is 2. The van der Waals surface area contributed by atoms with E-state index < -0.39 is 10.0 Å². The maximum absolute atomic E-state index is 10.6. The molecule has 1 aliphatic heterocycles. The summed E-state index contributed by atoms with van der Waals surface area (Å²) < 4.78 is 21.2. The maximum Gasteiger partial charge on any atom is 0.209 e. The lowest BCUT2D eigenvalue weighted by Gasteiger charge is -2.22. The van der Waals surface area contributed by atoms with E-state index in [1.165, 1.54) is 12.8 Å². The summed E-state index contributed by atoms with van der Waals surface area (Å²) in [5.74, 6) is 0.102. The number of nitrogens with one attached hydrogen (secondary N) is 1. The summed E-state index contributed by atoms with van der Waals surface area (Å²) in [7, 11) is -3.26. The molecule has 0 aromatic heterocycles. The molecule has 0 aromatic carbocycles. The van der Waals surface area contributed by atoms with Crippen LogP contribution in [0.3, 0.4) is 0 Å². The number of piperidine rings is 1. The Morgan fingerprint density at radius 1 is 1.42 bits per heavy atom. The quantitative estimate of drug-likeness (QED) is 0.651. The molecule has 0 bridgehead atoms. The monoisotopic (exact) mass is 192 g/mol. The number of hydrogen-bond acceptors (Lipinski definition) is 3. The predicted octanol–water partition coefficient (Wildman–Crippen LogP) is -0.193. The first-order chi connectivity index (χ1) is 5.58. The fraction of sp³-hybridized carbons (Fsp3) is 1.00. The van der Waals surface area contributed by atoms with Crippen molar-refractivity contribution in [2.45, 2.75) is 31.7 Å². The van der Waals surface area contributed by atoms with E-state index in [1.54, 1.807) is 0 Å². The van der Waals surface area contributed by atoms with Gasteiger partial charge in [-0.1, -0.05) is 6.42 Å². The molecule has 3 N–H and O–H groups in total. The van der Waals surface area contributed by atoms with Gasteiger partial charge in [-0.15, -0.1) is 0 Å². The lowest BCUT2D eigenvalue weighted by Crippen LogP contribution is -2.36. The normalized spacial score (nSPS) is 25.6. The standard InChI is InChI=1S/C7H16N2O2S/c8-12(10,11)6-4-7-3-1-2-5-9-7/h7,9H,1-6H2,(H2,8,10,11)/t7-/m0/s1. The van der Waals surface area contributed by atoms with E-state index in [1.807, 2.05) is 0 Å². The van der Waals surface area contributed by atoms with E-state index in [2.05, 4.69) is 5.32 Å². The molecule has 12 heavy (non-hydrogen) atoms. The van der Waals surface area contributed by atoms with Crippen LogP contribution >= 0.6 is 0 Å². The second-order valence-electron chi connectivity index (χ2n) is 3.30. The zero-order valence-electron chi connectivity index (χ0n) is 7.12. The van der Waals surface area contributed by atoms with Crippen LogP contribution in [0.25, 0.3) is 0 Å². The van der Waals surface area contributed by atoms with E-state index in [-0.39, 0.29) is 5.75 Å². The second kappa shape index (κ2) is 4.20. The van der Waals surface area contributed by atoms with Crippen molar-refractivity contribution in [2.75, 3.05) is 12.3 Å². The van der Waals surface area contributed by atoms with Gasteiger partial charge in [-0.25, -0.2) is 13.6 Å². The molecular formula is C7H16N2O2S. The van der Waals surface area contributed by atoms with Crippen LogP contribution < -0.4 is 10.5 Å². The van der Waals surface area contributed by atoms with Crippen LogP contribution in [0.1, 0.15) is 25.7 Å². The van der Waals surface area contributed by atoms with Crippen molar-refractivity contribution in [3.63, 3.8) is 0 Å².